The Balaban J connectivity index is 1.59. The number of fused-ring (bicyclic) bond motifs is 1. The number of methoxy groups -OCH3 is 1. The van der Waals surface area contributed by atoms with E-state index in [2.05, 4.69) is 20.9 Å². The molecule has 1 amide bonds. The van der Waals surface area contributed by atoms with Crippen molar-refractivity contribution in [3.8, 4) is 5.75 Å². The average molecular weight is 443 g/mol. The van der Waals surface area contributed by atoms with Crippen LogP contribution in [-0.4, -0.2) is 42.5 Å². The fraction of sp³-hybridized carbons (Fsp3) is 0.190. The van der Waals surface area contributed by atoms with E-state index in [1.165, 1.54) is 11.1 Å². The number of hydrogen-bond donors (Lipinski definition) is 0. The van der Waals surface area contributed by atoms with Crippen LogP contribution in [0.3, 0.4) is 0 Å². The van der Waals surface area contributed by atoms with E-state index in [1.807, 2.05) is 36.4 Å². The molecule has 0 unspecified atom stereocenters. The minimum absolute atomic E-state index is 0.286. The third kappa shape index (κ3) is 4.86. The van der Waals surface area contributed by atoms with Crippen LogP contribution in [0.25, 0.3) is 10.8 Å². The highest BCUT2D eigenvalue weighted by atomic mass is 79.9. The van der Waals surface area contributed by atoms with E-state index in [9.17, 15) is 9.59 Å². The lowest BCUT2D eigenvalue weighted by molar-refractivity contribution is -0.133. The molecule has 0 aliphatic carbocycles. The maximum atomic E-state index is 12.3. The summed E-state index contributed by atoms with van der Waals surface area (Å²) in [6.45, 7) is 0.0867. The molecule has 0 N–H and O–H groups in total. The van der Waals surface area contributed by atoms with Gasteiger partial charge < -0.3 is 14.4 Å². The van der Waals surface area contributed by atoms with E-state index in [4.69, 9.17) is 9.47 Å². The molecule has 3 aromatic rings. The molecule has 2 aromatic carbocycles. The predicted octanol–water partition coefficient (Wildman–Crippen LogP) is 3.82. The fourth-order valence-electron chi connectivity index (χ4n) is 2.70. The average Bonchev–Trinajstić information content (AvgIpc) is 2.71. The first kappa shape index (κ1) is 19.8. The Morgan fingerprint density at radius 2 is 1.82 bits per heavy atom. The summed E-state index contributed by atoms with van der Waals surface area (Å²) in [6, 6.07) is 13.4. The Bertz CT molecular complexity index is 1020. The molecule has 0 spiro atoms. The summed E-state index contributed by atoms with van der Waals surface area (Å²) in [5.41, 5.74) is 1.27. The van der Waals surface area contributed by atoms with Gasteiger partial charge in [0, 0.05) is 30.5 Å². The van der Waals surface area contributed by atoms with Gasteiger partial charge >= 0.3 is 5.97 Å². The van der Waals surface area contributed by atoms with E-state index >= 15 is 0 Å². The molecule has 0 saturated carbocycles. The third-order valence-corrected chi connectivity index (χ3v) is 4.66. The highest BCUT2D eigenvalue weighted by Gasteiger charge is 2.14. The molecule has 28 heavy (non-hydrogen) atoms. The minimum atomic E-state index is -0.588. The molecular weight excluding hydrogens is 424 g/mol. The normalized spacial score (nSPS) is 10.5. The standard InChI is InChI=1S/C21H19BrN2O4/c1-24(20(25)13-28-21(26)17-8-18(22)11-23-10-17)12-14-3-4-16-9-19(27-2)6-5-15(16)7-14/h3-11H,12-13H2,1-2H3. The summed E-state index contributed by atoms with van der Waals surface area (Å²) < 4.78 is 11.0. The van der Waals surface area contributed by atoms with Gasteiger partial charge in [0.2, 0.25) is 0 Å². The van der Waals surface area contributed by atoms with Crippen LogP contribution in [0.5, 0.6) is 5.75 Å². The number of ether oxygens (including phenoxy) is 2. The number of carbonyl (C=O) groups excluding carboxylic acids is 2. The highest BCUT2D eigenvalue weighted by Crippen LogP contribution is 2.22. The zero-order valence-electron chi connectivity index (χ0n) is 15.5. The minimum Gasteiger partial charge on any atom is -0.497 e. The van der Waals surface area contributed by atoms with Gasteiger partial charge in [-0.2, -0.15) is 0 Å². The number of pyridine rings is 1. The molecule has 0 saturated heterocycles. The fourth-order valence-corrected chi connectivity index (χ4v) is 3.07. The van der Waals surface area contributed by atoms with Crippen molar-refractivity contribution < 1.29 is 19.1 Å². The van der Waals surface area contributed by atoms with Crippen LogP contribution in [-0.2, 0) is 16.1 Å². The lowest BCUT2D eigenvalue weighted by Gasteiger charge is -2.17. The van der Waals surface area contributed by atoms with Gasteiger partial charge in [-0.3, -0.25) is 9.78 Å². The van der Waals surface area contributed by atoms with Gasteiger partial charge in [0.15, 0.2) is 6.61 Å². The zero-order chi connectivity index (χ0) is 20.1. The highest BCUT2D eigenvalue weighted by molar-refractivity contribution is 9.10. The topological polar surface area (TPSA) is 68.7 Å². The Kier molecular flexibility index (Phi) is 6.26. The molecule has 1 heterocycles. The number of benzene rings is 2. The number of hydrogen-bond acceptors (Lipinski definition) is 5. The smallest absolute Gasteiger partial charge is 0.340 e. The van der Waals surface area contributed by atoms with Crippen LogP contribution >= 0.6 is 15.9 Å². The van der Waals surface area contributed by atoms with Crippen LogP contribution in [0.4, 0.5) is 0 Å². The van der Waals surface area contributed by atoms with E-state index < -0.39 is 5.97 Å². The summed E-state index contributed by atoms with van der Waals surface area (Å²) in [7, 11) is 3.31. The number of halogens is 1. The first-order valence-electron chi connectivity index (χ1n) is 8.54. The van der Waals surface area contributed by atoms with Crippen LogP contribution in [0.1, 0.15) is 15.9 Å². The molecule has 0 fully saturated rings. The van der Waals surface area contributed by atoms with Crippen molar-refractivity contribution in [3.63, 3.8) is 0 Å². The molecule has 0 radical (unpaired) electrons. The van der Waals surface area contributed by atoms with E-state index in [0.717, 1.165) is 22.1 Å². The van der Waals surface area contributed by atoms with Crippen LogP contribution in [0.2, 0.25) is 0 Å². The molecular formula is C21H19BrN2O4. The van der Waals surface area contributed by atoms with Crippen molar-refractivity contribution in [2.24, 2.45) is 0 Å². The van der Waals surface area contributed by atoms with Gasteiger partial charge in [-0.15, -0.1) is 0 Å². The van der Waals surface area contributed by atoms with Gasteiger partial charge in [-0.1, -0.05) is 18.2 Å². The number of likely N-dealkylation sites (N-methyl/N-ethyl adjacent to an activating group) is 1. The van der Waals surface area contributed by atoms with Crippen molar-refractivity contribution in [2.75, 3.05) is 20.8 Å². The first-order chi connectivity index (χ1) is 13.5. The molecule has 0 atom stereocenters. The number of amides is 1. The quantitative estimate of drug-likeness (QED) is 0.542. The Morgan fingerprint density at radius 1 is 1.07 bits per heavy atom. The number of rotatable bonds is 6. The van der Waals surface area contributed by atoms with Crippen molar-refractivity contribution in [1.82, 2.24) is 9.88 Å². The Hall–Kier alpha value is -2.93. The van der Waals surface area contributed by atoms with Crippen LogP contribution in [0, 0.1) is 0 Å². The molecule has 0 bridgehead atoms. The largest absolute Gasteiger partial charge is 0.497 e. The van der Waals surface area contributed by atoms with E-state index in [0.29, 0.717) is 11.0 Å². The summed E-state index contributed by atoms with van der Waals surface area (Å²) in [6.07, 6.45) is 2.96. The molecule has 0 aliphatic heterocycles. The molecule has 7 heteroatoms. The first-order valence-corrected chi connectivity index (χ1v) is 9.34. The maximum absolute atomic E-state index is 12.3. The SMILES string of the molecule is COc1ccc2cc(CN(C)C(=O)COC(=O)c3cncc(Br)c3)ccc2c1. The summed E-state index contributed by atoms with van der Waals surface area (Å²) in [5, 5.41) is 2.13. The van der Waals surface area contributed by atoms with Gasteiger partial charge in [0.05, 0.1) is 12.7 Å². The third-order valence-electron chi connectivity index (χ3n) is 4.22. The second-order valence-electron chi connectivity index (χ2n) is 6.27. The second kappa shape index (κ2) is 8.84. The van der Waals surface area contributed by atoms with Crippen LogP contribution < -0.4 is 4.74 Å². The van der Waals surface area contributed by atoms with Gasteiger partial charge in [0.1, 0.15) is 5.75 Å². The summed E-state index contributed by atoms with van der Waals surface area (Å²) >= 11 is 3.24. The molecule has 144 valence electrons. The lowest BCUT2D eigenvalue weighted by Crippen LogP contribution is -2.30. The van der Waals surface area contributed by atoms with Gasteiger partial charge in [-0.05, 0) is 56.5 Å². The van der Waals surface area contributed by atoms with E-state index in [-0.39, 0.29) is 18.1 Å². The van der Waals surface area contributed by atoms with Gasteiger partial charge in [0.25, 0.3) is 5.91 Å². The Morgan fingerprint density at radius 3 is 2.57 bits per heavy atom. The number of esters is 1. The second-order valence-corrected chi connectivity index (χ2v) is 7.18. The predicted molar refractivity (Wildman–Crippen MR) is 109 cm³/mol. The monoisotopic (exact) mass is 442 g/mol. The van der Waals surface area contributed by atoms with Crippen molar-refractivity contribution in [3.05, 3.63) is 70.5 Å². The van der Waals surface area contributed by atoms with Crippen LogP contribution in [0.15, 0.2) is 59.3 Å². The van der Waals surface area contributed by atoms with Gasteiger partial charge in [-0.25, -0.2) is 4.79 Å². The van der Waals surface area contributed by atoms with E-state index in [1.54, 1.807) is 26.4 Å². The van der Waals surface area contributed by atoms with Crippen molar-refractivity contribution >= 4 is 38.6 Å². The van der Waals surface area contributed by atoms with Crippen molar-refractivity contribution in [1.29, 1.82) is 0 Å². The molecule has 0 aliphatic rings. The molecule has 3 rings (SSSR count). The molecule has 1 aromatic heterocycles. The lowest BCUT2D eigenvalue weighted by atomic mass is 10.1. The summed E-state index contributed by atoms with van der Waals surface area (Å²) in [4.78, 5) is 29.8. The van der Waals surface area contributed by atoms with Crippen molar-refractivity contribution in [2.45, 2.75) is 6.54 Å². The number of carbonyl (C=O) groups is 2. The zero-order valence-corrected chi connectivity index (χ0v) is 17.1. The number of aromatic nitrogens is 1. The Labute approximate surface area is 171 Å². The molecule has 6 nitrogen and oxygen atoms in total. The summed E-state index contributed by atoms with van der Waals surface area (Å²) in [5.74, 6) is -0.0728. The number of nitrogens with zero attached hydrogens (tertiary/aromatic N) is 2. The maximum Gasteiger partial charge on any atom is 0.340 e.